The van der Waals surface area contributed by atoms with Crippen molar-refractivity contribution in [3.05, 3.63) is 41.7 Å². The number of anilines is 1. The van der Waals surface area contributed by atoms with E-state index in [-0.39, 0.29) is 11.4 Å². The van der Waals surface area contributed by atoms with Gasteiger partial charge in [0.25, 0.3) is 0 Å². The first kappa shape index (κ1) is 14.4. The summed E-state index contributed by atoms with van der Waals surface area (Å²) in [6.45, 7) is 7.49. The molecule has 0 unspecified atom stereocenters. The average molecular weight is 274 g/mol. The second-order valence-electron chi connectivity index (χ2n) is 6.15. The molecule has 1 aliphatic rings. The molecule has 0 aromatic heterocycles. The second kappa shape index (κ2) is 5.57. The molecule has 0 bridgehead atoms. The lowest BCUT2D eigenvalue weighted by molar-refractivity contribution is 0.210. The number of benzene rings is 1. The fraction of sp³-hybridized carbons (Fsp3) is 0.438. The van der Waals surface area contributed by atoms with Gasteiger partial charge in [0.2, 0.25) is 0 Å². The first-order valence-corrected chi connectivity index (χ1v) is 6.91. The predicted molar refractivity (Wildman–Crippen MR) is 81.1 cm³/mol. The Morgan fingerprint density at radius 2 is 1.90 bits per heavy atom. The van der Waals surface area contributed by atoms with Crippen LogP contribution in [0.4, 0.5) is 10.5 Å². The number of aliphatic hydroxyl groups excluding tert-OH is 1. The summed E-state index contributed by atoms with van der Waals surface area (Å²) in [5.41, 5.74) is 2.14. The van der Waals surface area contributed by atoms with Crippen molar-refractivity contribution in [3.8, 4) is 0 Å². The summed E-state index contributed by atoms with van der Waals surface area (Å²) in [7, 11) is 0. The minimum atomic E-state index is -0.128. The number of hydrogen-bond donors (Lipinski definition) is 2. The van der Waals surface area contributed by atoms with Crippen LogP contribution in [0.3, 0.4) is 0 Å². The van der Waals surface area contributed by atoms with Crippen LogP contribution >= 0.6 is 0 Å². The molecule has 0 radical (unpaired) electrons. The molecule has 4 nitrogen and oxygen atoms in total. The largest absolute Gasteiger partial charge is 0.513 e. The maximum atomic E-state index is 12.1. The molecule has 0 saturated heterocycles. The summed E-state index contributed by atoms with van der Waals surface area (Å²) in [5.74, 6) is 0.364. The van der Waals surface area contributed by atoms with Crippen LogP contribution in [-0.4, -0.2) is 29.1 Å². The zero-order valence-corrected chi connectivity index (χ0v) is 12.3. The van der Waals surface area contributed by atoms with Gasteiger partial charge in [0.05, 0.1) is 5.76 Å². The van der Waals surface area contributed by atoms with Crippen LogP contribution in [0.15, 0.2) is 36.1 Å². The third-order valence-electron chi connectivity index (χ3n) is 3.47. The molecule has 1 heterocycles. The summed E-state index contributed by atoms with van der Waals surface area (Å²) in [5, 5.41) is 12.2. The van der Waals surface area contributed by atoms with Gasteiger partial charge in [-0.15, -0.1) is 0 Å². The molecule has 2 N–H and O–H groups in total. The lowest BCUT2D eigenvalue weighted by Gasteiger charge is -2.25. The Morgan fingerprint density at radius 1 is 1.25 bits per heavy atom. The fourth-order valence-corrected chi connectivity index (χ4v) is 2.10. The van der Waals surface area contributed by atoms with Crippen molar-refractivity contribution in [2.75, 3.05) is 18.4 Å². The molecule has 0 fully saturated rings. The van der Waals surface area contributed by atoms with Gasteiger partial charge in [0, 0.05) is 25.2 Å². The van der Waals surface area contributed by atoms with Crippen molar-refractivity contribution < 1.29 is 9.90 Å². The second-order valence-corrected chi connectivity index (χ2v) is 6.15. The Kier molecular flexibility index (Phi) is 4.02. The van der Waals surface area contributed by atoms with Crippen LogP contribution in [-0.2, 0) is 5.41 Å². The van der Waals surface area contributed by atoms with E-state index in [0.717, 1.165) is 5.69 Å². The lowest BCUT2D eigenvalue weighted by Crippen LogP contribution is -2.38. The van der Waals surface area contributed by atoms with Crippen molar-refractivity contribution >= 4 is 11.7 Å². The minimum absolute atomic E-state index is 0.109. The van der Waals surface area contributed by atoms with Gasteiger partial charge >= 0.3 is 6.03 Å². The van der Waals surface area contributed by atoms with E-state index in [1.165, 1.54) is 5.56 Å². The molecule has 2 amide bonds. The van der Waals surface area contributed by atoms with E-state index in [2.05, 4.69) is 26.1 Å². The summed E-state index contributed by atoms with van der Waals surface area (Å²) < 4.78 is 0. The molecule has 1 aromatic carbocycles. The van der Waals surface area contributed by atoms with Crippen molar-refractivity contribution in [1.29, 1.82) is 0 Å². The van der Waals surface area contributed by atoms with E-state index >= 15 is 0 Å². The first-order chi connectivity index (χ1) is 9.36. The number of carbonyl (C=O) groups excluding carboxylic acids is 1. The highest BCUT2D eigenvalue weighted by molar-refractivity contribution is 5.89. The summed E-state index contributed by atoms with van der Waals surface area (Å²) >= 11 is 0. The van der Waals surface area contributed by atoms with Crippen LogP contribution in [0.25, 0.3) is 0 Å². The van der Waals surface area contributed by atoms with Crippen LogP contribution in [0.5, 0.6) is 0 Å². The third kappa shape index (κ3) is 3.53. The zero-order valence-electron chi connectivity index (χ0n) is 12.3. The molecule has 4 heteroatoms. The SMILES string of the molecule is CC(C)(C)c1ccc(NC(=O)N2CC=C(O)CC2)cc1. The summed E-state index contributed by atoms with van der Waals surface area (Å²) in [4.78, 5) is 13.7. The van der Waals surface area contributed by atoms with E-state index in [1.54, 1.807) is 11.0 Å². The molecule has 1 aliphatic heterocycles. The number of amides is 2. The van der Waals surface area contributed by atoms with E-state index in [4.69, 9.17) is 0 Å². The van der Waals surface area contributed by atoms with E-state index < -0.39 is 0 Å². The molecule has 0 spiro atoms. The van der Waals surface area contributed by atoms with Gasteiger partial charge in [0.15, 0.2) is 0 Å². The number of rotatable bonds is 1. The van der Waals surface area contributed by atoms with Crippen LogP contribution in [0.2, 0.25) is 0 Å². The third-order valence-corrected chi connectivity index (χ3v) is 3.47. The maximum absolute atomic E-state index is 12.1. The van der Waals surface area contributed by atoms with Crippen molar-refractivity contribution in [1.82, 2.24) is 4.90 Å². The smallest absolute Gasteiger partial charge is 0.322 e. The molecule has 0 aliphatic carbocycles. The minimum Gasteiger partial charge on any atom is -0.513 e. The molecule has 20 heavy (non-hydrogen) atoms. The van der Waals surface area contributed by atoms with E-state index in [0.29, 0.717) is 25.3 Å². The Labute approximate surface area is 120 Å². The zero-order chi connectivity index (χ0) is 14.8. The molecule has 1 aromatic rings. The maximum Gasteiger partial charge on any atom is 0.322 e. The van der Waals surface area contributed by atoms with Crippen LogP contribution < -0.4 is 5.32 Å². The molecular formula is C16H22N2O2. The fourth-order valence-electron chi connectivity index (χ4n) is 2.10. The van der Waals surface area contributed by atoms with Gasteiger partial charge in [-0.1, -0.05) is 32.9 Å². The molecule has 0 atom stereocenters. The van der Waals surface area contributed by atoms with E-state index in [1.807, 2.05) is 24.3 Å². The standard InChI is InChI=1S/C16H22N2O2/c1-16(2,3)12-4-6-13(7-5-12)17-15(20)18-10-8-14(19)9-11-18/h4-8,19H,9-11H2,1-3H3,(H,17,20). The average Bonchev–Trinajstić information content (AvgIpc) is 2.39. The molecule has 0 saturated carbocycles. The number of aliphatic hydroxyl groups is 1. The first-order valence-electron chi connectivity index (χ1n) is 6.91. The van der Waals surface area contributed by atoms with Crippen LogP contribution in [0, 0.1) is 0 Å². The van der Waals surface area contributed by atoms with Crippen molar-refractivity contribution in [3.63, 3.8) is 0 Å². The van der Waals surface area contributed by atoms with E-state index in [9.17, 15) is 9.90 Å². The molecule has 2 rings (SSSR count). The Hall–Kier alpha value is -1.97. The molecular weight excluding hydrogens is 252 g/mol. The quantitative estimate of drug-likeness (QED) is 0.821. The number of carbonyl (C=O) groups is 1. The van der Waals surface area contributed by atoms with Gasteiger partial charge < -0.3 is 15.3 Å². The highest BCUT2D eigenvalue weighted by atomic mass is 16.3. The topological polar surface area (TPSA) is 52.6 Å². The van der Waals surface area contributed by atoms with Gasteiger partial charge in [-0.2, -0.15) is 0 Å². The number of urea groups is 1. The summed E-state index contributed by atoms with van der Waals surface area (Å²) in [6, 6.07) is 7.80. The highest BCUT2D eigenvalue weighted by Crippen LogP contribution is 2.23. The molecule has 108 valence electrons. The Morgan fingerprint density at radius 3 is 2.40 bits per heavy atom. The lowest BCUT2D eigenvalue weighted by atomic mass is 9.87. The Balaban J connectivity index is 1.98. The van der Waals surface area contributed by atoms with Crippen molar-refractivity contribution in [2.45, 2.75) is 32.6 Å². The van der Waals surface area contributed by atoms with Crippen LogP contribution in [0.1, 0.15) is 32.8 Å². The Bertz CT molecular complexity index is 512. The van der Waals surface area contributed by atoms with Gasteiger partial charge in [-0.05, 0) is 29.2 Å². The predicted octanol–water partition coefficient (Wildman–Crippen LogP) is 3.66. The number of hydrogen-bond acceptors (Lipinski definition) is 2. The number of nitrogens with zero attached hydrogens (tertiary/aromatic N) is 1. The summed E-state index contributed by atoms with van der Waals surface area (Å²) in [6.07, 6.45) is 2.20. The van der Waals surface area contributed by atoms with Crippen molar-refractivity contribution in [2.24, 2.45) is 0 Å². The highest BCUT2D eigenvalue weighted by Gasteiger charge is 2.17. The van der Waals surface area contributed by atoms with Gasteiger partial charge in [0.1, 0.15) is 0 Å². The van der Waals surface area contributed by atoms with Gasteiger partial charge in [-0.3, -0.25) is 0 Å². The normalized spacial score (nSPS) is 15.8. The van der Waals surface area contributed by atoms with Gasteiger partial charge in [-0.25, -0.2) is 4.79 Å². The number of nitrogens with one attached hydrogen (secondary N) is 1. The monoisotopic (exact) mass is 274 g/mol.